The highest BCUT2D eigenvalue weighted by Gasteiger charge is 2.00. The van der Waals surface area contributed by atoms with Crippen LogP contribution in [-0.4, -0.2) is 24.9 Å². The normalized spacial score (nSPS) is 9.22. The van der Waals surface area contributed by atoms with E-state index in [-0.39, 0.29) is 5.91 Å². The van der Waals surface area contributed by atoms with Gasteiger partial charge in [0.15, 0.2) is 0 Å². The molecule has 0 aliphatic rings. The lowest BCUT2D eigenvalue weighted by Crippen LogP contribution is -2.21. The van der Waals surface area contributed by atoms with Crippen molar-refractivity contribution in [3.63, 3.8) is 0 Å². The number of hydrogen-bond donors (Lipinski definition) is 0. The van der Waals surface area contributed by atoms with Gasteiger partial charge < -0.3 is 4.90 Å². The van der Waals surface area contributed by atoms with Crippen LogP contribution in [0, 0.1) is 6.42 Å². The lowest BCUT2D eigenvalue weighted by atomic mass is 10.2. The van der Waals surface area contributed by atoms with E-state index in [1.165, 1.54) is 0 Å². The smallest absolute Gasteiger partial charge is 0.225 e. The number of hydrogen-bond acceptors (Lipinski definition) is 1. The molecule has 0 saturated carbocycles. The second kappa shape index (κ2) is 4.36. The molecule has 0 atom stereocenters. The van der Waals surface area contributed by atoms with E-state index in [1.807, 2.05) is 0 Å². The van der Waals surface area contributed by atoms with E-state index in [0.29, 0.717) is 0 Å². The average molecular weight is 128 g/mol. The van der Waals surface area contributed by atoms with Gasteiger partial charge in [0.2, 0.25) is 5.91 Å². The van der Waals surface area contributed by atoms with Gasteiger partial charge in [-0.05, 0) is 6.42 Å². The molecule has 9 heavy (non-hydrogen) atoms. The zero-order valence-corrected chi connectivity index (χ0v) is 6.35. The Balaban J connectivity index is 3.28. The third kappa shape index (κ3) is 4.01. The summed E-state index contributed by atoms with van der Waals surface area (Å²) < 4.78 is 0. The first kappa shape index (κ1) is 8.47. The van der Waals surface area contributed by atoms with Gasteiger partial charge in [-0.1, -0.05) is 13.3 Å². The Morgan fingerprint density at radius 1 is 1.56 bits per heavy atom. The van der Waals surface area contributed by atoms with Crippen molar-refractivity contribution >= 4 is 5.91 Å². The molecule has 0 fully saturated rings. The Morgan fingerprint density at radius 2 is 2.11 bits per heavy atom. The van der Waals surface area contributed by atoms with Crippen molar-refractivity contribution in [2.45, 2.75) is 19.8 Å². The van der Waals surface area contributed by atoms with Crippen molar-refractivity contribution in [2.24, 2.45) is 0 Å². The second-order valence-corrected chi connectivity index (χ2v) is 2.23. The Hall–Kier alpha value is -0.530. The van der Waals surface area contributed by atoms with E-state index < -0.39 is 0 Å². The van der Waals surface area contributed by atoms with Gasteiger partial charge in [0.1, 0.15) is 0 Å². The monoisotopic (exact) mass is 128 g/mol. The quantitative estimate of drug-likeness (QED) is 0.557. The summed E-state index contributed by atoms with van der Waals surface area (Å²) in [4.78, 5) is 12.4. The summed E-state index contributed by atoms with van der Waals surface area (Å²) in [7, 11) is 3.52. The maximum atomic E-state index is 10.8. The van der Waals surface area contributed by atoms with Crippen molar-refractivity contribution in [1.29, 1.82) is 0 Å². The van der Waals surface area contributed by atoms with Gasteiger partial charge in [-0.3, -0.25) is 4.79 Å². The van der Waals surface area contributed by atoms with Crippen LogP contribution in [0.2, 0.25) is 0 Å². The van der Waals surface area contributed by atoms with Crippen LogP contribution in [0.15, 0.2) is 0 Å². The molecule has 0 unspecified atom stereocenters. The van der Waals surface area contributed by atoms with Crippen LogP contribution in [0.1, 0.15) is 19.8 Å². The van der Waals surface area contributed by atoms with Gasteiger partial charge >= 0.3 is 0 Å². The largest absolute Gasteiger partial charge is 0.349 e. The van der Waals surface area contributed by atoms with Crippen molar-refractivity contribution in [3.05, 3.63) is 6.42 Å². The molecule has 2 nitrogen and oxygen atoms in total. The van der Waals surface area contributed by atoms with Crippen LogP contribution in [0.4, 0.5) is 0 Å². The zero-order chi connectivity index (χ0) is 7.28. The molecule has 1 radical (unpaired) electrons. The third-order valence-corrected chi connectivity index (χ3v) is 1.05. The highest BCUT2D eigenvalue weighted by Crippen LogP contribution is 1.94. The molecule has 0 N–H and O–H groups in total. The minimum absolute atomic E-state index is 0.108. The predicted molar refractivity (Wildman–Crippen MR) is 37.9 cm³/mol. The lowest BCUT2D eigenvalue weighted by molar-refractivity contribution is -0.125. The first-order valence-corrected chi connectivity index (χ1v) is 3.23. The van der Waals surface area contributed by atoms with Crippen LogP contribution >= 0.6 is 0 Å². The Kier molecular flexibility index (Phi) is 4.10. The maximum Gasteiger partial charge on any atom is 0.225 e. The fourth-order valence-electron chi connectivity index (χ4n) is 0.450. The number of unbranched alkanes of at least 4 members (excludes halogenated alkanes) is 1. The van der Waals surface area contributed by atoms with Crippen LogP contribution in [-0.2, 0) is 4.79 Å². The highest BCUT2D eigenvalue weighted by molar-refractivity contribution is 5.84. The molecule has 2 heteroatoms. The number of carbonyl (C=O) groups excluding carboxylic acids is 1. The summed E-state index contributed by atoms with van der Waals surface area (Å²) in [5.74, 6) is 0.108. The minimum atomic E-state index is 0.108. The molecule has 0 spiro atoms. The van der Waals surface area contributed by atoms with E-state index in [4.69, 9.17) is 0 Å². The van der Waals surface area contributed by atoms with Gasteiger partial charge in [0.05, 0.1) is 0 Å². The standard InChI is InChI=1S/C7H14NO/c1-4-5-6-7(9)8(2)3/h6H,4-5H2,1-3H3. The maximum absolute atomic E-state index is 10.8. The van der Waals surface area contributed by atoms with E-state index >= 15 is 0 Å². The molecule has 0 bridgehead atoms. The Labute approximate surface area is 56.9 Å². The molecule has 1 amide bonds. The Morgan fingerprint density at radius 3 is 2.44 bits per heavy atom. The number of amides is 1. The zero-order valence-electron chi connectivity index (χ0n) is 6.35. The molecule has 0 aliphatic heterocycles. The average Bonchev–Trinajstić information content (AvgIpc) is 1.82. The van der Waals surface area contributed by atoms with Crippen molar-refractivity contribution < 1.29 is 4.79 Å². The summed E-state index contributed by atoms with van der Waals surface area (Å²) >= 11 is 0. The molecule has 0 aromatic heterocycles. The summed E-state index contributed by atoms with van der Waals surface area (Å²) in [6.07, 6.45) is 3.64. The molecule has 0 rings (SSSR count). The minimum Gasteiger partial charge on any atom is -0.349 e. The van der Waals surface area contributed by atoms with Gasteiger partial charge in [-0.15, -0.1) is 0 Å². The van der Waals surface area contributed by atoms with E-state index in [1.54, 1.807) is 25.4 Å². The highest BCUT2D eigenvalue weighted by atomic mass is 16.2. The van der Waals surface area contributed by atoms with E-state index in [0.717, 1.165) is 12.8 Å². The van der Waals surface area contributed by atoms with Crippen LogP contribution in [0.5, 0.6) is 0 Å². The van der Waals surface area contributed by atoms with Gasteiger partial charge in [0, 0.05) is 20.5 Å². The predicted octanol–water partition coefficient (Wildman–Crippen LogP) is 1.08. The molecule has 0 heterocycles. The summed E-state index contributed by atoms with van der Waals surface area (Å²) in [6.45, 7) is 2.06. The molecule has 0 aromatic carbocycles. The third-order valence-electron chi connectivity index (χ3n) is 1.05. The second-order valence-electron chi connectivity index (χ2n) is 2.23. The molecular formula is C7H14NO. The Bertz CT molecular complexity index is 88.9. The molecule has 0 aliphatic carbocycles. The van der Waals surface area contributed by atoms with E-state index in [9.17, 15) is 4.79 Å². The van der Waals surface area contributed by atoms with Gasteiger partial charge in [-0.2, -0.15) is 0 Å². The van der Waals surface area contributed by atoms with Crippen molar-refractivity contribution in [2.75, 3.05) is 14.1 Å². The lowest BCUT2D eigenvalue weighted by Gasteiger charge is -2.07. The fourth-order valence-corrected chi connectivity index (χ4v) is 0.450. The topological polar surface area (TPSA) is 20.3 Å². The first-order valence-electron chi connectivity index (χ1n) is 3.23. The van der Waals surface area contributed by atoms with Crippen LogP contribution in [0.3, 0.4) is 0 Å². The molecular weight excluding hydrogens is 114 g/mol. The van der Waals surface area contributed by atoms with Gasteiger partial charge in [0.25, 0.3) is 0 Å². The fraction of sp³-hybridized carbons (Fsp3) is 0.714. The van der Waals surface area contributed by atoms with Gasteiger partial charge in [-0.25, -0.2) is 0 Å². The SMILES string of the molecule is CCC[CH]C(=O)N(C)C. The van der Waals surface area contributed by atoms with Crippen LogP contribution in [0.25, 0.3) is 0 Å². The summed E-state index contributed by atoms with van der Waals surface area (Å²) in [6, 6.07) is 0. The number of nitrogens with zero attached hydrogens (tertiary/aromatic N) is 1. The molecule has 0 saturated heterocycles. The van der Waals surface area contributed by atoms with E-state index in [2.05, 4.69) is 6.92 Å². The number of rotatable bonds is 3. The van der Waals surface area contributed by atoms with Crippen molar-refractivity contribution in [3.8, 4) is 0 Å². The summed E-state index contributed by atoms with van der Waals surface area (Å²) in [5, 5.41) is 0. The van der Waals surface area contributed by atoms with Crippen LogP contribution < -0.4 is 0 Å². The molecule has 0 aromatic rings. The number of carbonyl (C=O) groups is 1. The van der Waals surface area contributed by atoms with Crippen molar-refractivity contribution in [1.82, 2.24) is 4.90 Å². The molecule has 53 valence electrons. The summed E-state index contributed by atoms with van der Waals surface area (Å²) in [5.41, 5.74) is 0. The first-order chi connectivity index (χ1) is 4.18.